The number of primary amides is 1. The third-order valence-corrected chi connectivity index (χ3v) is 5.71. The molecule has 1 aromatic rings. The Bertz CT molecular complexity index is 784. The number of hydrogen-bond acceptors (Lipinski definition) is 5. The number of carbonyl (C=O) groups is 2. The second kappa shape index (κ2) is 8.70. The van der Waals surface area contributed by atoms with Crippen LogP contribution in [0.5, 0.6) is 5.75 Å². The molecule has 26 heavy (non-hydrogen) atoms. The number of carbonyl (C=O) groups excluding carboxylic acids is 2. The number of benzene rings is 1. The molecule has 1 aliphatic rings. The Balaban J connectivity index is 2.12. The summed E-state index contributed by atoms with van der Waals surface area (Å²) in [6, 6.07) is 3.76. The van der Waals surface area contributed by atoms with Crippen molar-refractivity contribution in [1.29, 1.82) is 0 Å². The van der Waals surface area contributed by atoms with Crippen molar-refractivity contribution in [2.24, 2.45) is 5.73 Å². The van der Waals surface area contributed by atoms with Crippen LogP contribution in [0, 0.1) is 0 Å². The van der Waals surface area contributed by atoms with E-state index in [4.69, 9.17) is 22.1 Å². The molecule has 0 radical (unpaired) electrons. The molecule has 10 heteroatoms. The maximum Gasteiger partial charge on any atom is 0.255 e. The molecule has 1 atom stereocenters. The predicted octanol–water partition coefficient (Wildman–Crippen LogP) is 0.883. The first-order valence-electron chi connectivity index (χ1n) is 8.20. The van der Waals surface area contributed by atoms with Crippen LogP contribution in [-0.4, -0.2) is 50.9 Å². The molecule has 0 saturated carbocycles. The summed E-state index contributed by atoms with van der Waals surface area (Å²) in [6.45, 7) is 2.00. The van der Waals surface area contributed by atoms with E-state index in [1.54, 1.807) is 11.8 Å². The normalized spacial score (nSPS) is 16.4. The van der Waals surface area contributed by atoms with Crippen LogP contribution in [0.3, 0.4) is 0 Å². The number of likely N-dealkylation sites (tertiary alicyclic amines) is 1. The number of amides is 2. The van der Waals surface area contributed by atoms with E-state index in [9.17, 15) is 18.0 Å². The van der Waals surface area contributed by atoms with Crippen molar-refractivity contribution in [3.05, 3.63) is 23.2 Å². The Kier molecular flexibility index (Phi) is 6.85. The standard InChI is InChI=1S/C16H22ClN3O5S/c1-11(20-7-3-2-4-16(20)22)9-19-26(23,24)14-8-12(17)5-6-13(14)25-10-15(18)21/h5-6,8,11,19H,2-4,7,9-10H2,1H3,(H2,18,21). The van der Waals surface area contributed by atoms with Gasteiger partial charge in [0.05, 0.1) is 0 Å². The fraction of sp³-hybridized carbons (Fsp3) is 0.500. The van der Waals surface area contributed by atoms with Crippen molar-refractivity contribution in [3.8, 4) is 5.75 Å². The van der Waals surface area contributed by atoms with Crippen molar-refractivity contribution in [1.82, 2.24) is 9.62 Å². The monoisotopic (exact) mass is 403 g/mol. The summed E-state index contributed by atoms with van der Waals surface area (Å²) >= 11 is 5.90. The lowest BCUT2D eigenvalue weighted by molar-refractivity contribution is -0.135. The largest absolute Gasteiger partial charge is 0.482 e. The van der Waals surface area contributed by atoms with Gasteiger partial charge >= 0.3 is 0 Å². The van der Waals surface area contributed by atoms with Crippen LogP contribution in [0.15, 0.2) is 23.1 Å². The molecule has 1 unspecified atom stereocenters. The first kappa shape index (κ1) is 20.5. The molecule has 0 spiro atoms. The number of hydrogen-bond donors (Lipinski definition) is 2. The van der Waals surface area contributed by atoms with Gasteiger partial charge in [0.1, 0.15) is 10.6 Å². The van der Waals surface area contributed by atoms with Gasteiger partial charge < -0.3 is 15.4 Å². The Labute approximate surface area is 157 Å². The number of ether oxygens (including phenoxy) is 1. The minimum atomic E-state index is -3.96. The number of halogens is 1. The van der Waals surface area contributed by atoms with Crippen LogP contribution in [0.4, 0.5) is 0 Å². The number of rotatable bonds is 8. The predicted molar refractivity (Wildman–Crippen MR) is 96.4 cm³/mol. The van der Waals surface area contributed by atoms with Gasteiger partial charge in [0.2, 0.25) is 15.9 Å². The molecule has 1 aliphatic heterocycles. The summed E-state index contributed by atoms with van der Waals surface area (Å²) in [6.07, 6.45) is 2.25. The van der Waals surface area contributed by atoms with E-state index in [-0.39, 0.29) is 34.2 Å². The smallest absolute Gasteiger partial charge is 0.255 e. The molecule has 1 fully saturated rings. The third-order valence-electron chi connectivity index (χ3n) is 4.03. The van der Waals surface area contributed by atoms with Crippen LogP contribution in [0.1, 0.15) is 26.2 Å². The van der Waals surface area contributed by atoms with E-state index in [0.29, 0.717) is 13.0 Å². The number of nitrogens with zero attached hydrogens (tertiary/aromatic N) is 1. The van der Waals surface area contributed by atoms with Gasteiger partial charge in [-0.05, 0) is 38.0 Å². The molecular formula is C16H22ClN3O5S. The molecule has 0 bridgehead atoms. The minimum Gasteiger partial charge on any atom is -0.482 e. The summed E-state index contributed by atoms with van der Waals surface area (Å²) in [5.41, 5.74) is 5.03. The SMILES string of the molecule is CC(CNS(=O)(=O)c1cc(Cl)ccc1OCC(N)=O)N1CCCCC1=O. The minimum absolute atomic E-state index is 0.0242. The lowest BCUT2D eigenvalue weighted by Crippen LogP contribution is -2.47. The first-order valence-corrected chi connectivity index (χ1v) is 10.1. The molecule has 0 aromatic heterocycles. The van der Waals surface area contributed by atoms with Gasteiger partial charge in [-0.3, -0.25) is 9.59 Å². The molecule has 1 saturated heterocycles. The Morgan fingerprint density at radius 2 is 2.15 bits per heavy atom. The van der Waals surface area contributed by atoms with Gasteiger partial charge in [-0.15, -0.1) is 0 Å². The van der Waals surface area contributed by atoms with Gasteiger partial charge in [-0.1, -0.05) is 11.6 Å². The summed E-state index contributed by atoms with van der Waals surface area (Å²) in [4.78, 5) is 24.3. The number of nitrogens with one attached hydrogen (secondary N) is 1. The van der Waals surface area contributed by atoms with Crippen LogP contribution in [0.2, 0.25) is 5.02 Å². The van der Waals surface area contributed by atoms with Gasteiger partial charge in [-0.25, -0.2) is 13.1 Å². The fourth-order valence-electron chi connectivity index (χ4n) is 2.67. The average Bonchev–Trinajstić information content (AvgIpc) is 2.59. The molecule has 1 heterocycles. The highest BCUT2D eigenvalue weighted by molar-refractivity contribution is 7.89. The van der Waals surface area contributed by atoms with E-state index in [1.165, 1.54) is 18.2 Å². The van der Waals surface area contributed by atoms with Gasteiger partial charge in [0.25, 0.3) is 5.91 Å². The van der Waals surface area contributed by atoms with Gasteiger partial charge in [0.15, 0.2) is 6.61 Å². The molecule has 2 amide bonds. The van der Waals surface area contributed by atoms with E-state index in [1.807, 2.05) is 0 Å². The maximum absolute atomic E-state index is 12.6. The molecule has 8 nitrogen and oxygen atoms in total. The second-order valence-electron chi connectivity index (χ2n) is 6.09. The summed E-state index contributed by atoms with van der Waals surface area (Å²) in [7, 11) is -3.96. The zero-order chi connectivity index (χ0) is 19.3. The van der Waals surface area contributed by atoms with Crippen molar-refractivity contribution >= 4 is 33.4 Å². The summed E-state index contributed by atoms with van der Waals surface area (Å²) < 4.78 is 32.9. The van der Waals surface area contributed by atoms with Crippen molar-refractivity contribution in [2.75, 3.05) is 19.7 Å². The summed E-state index contributed by atoms with van der Waals surface area (Å²) in [5.74, 6) is -0.730. The van der Waals surface area contributed by atoms with Crippen molar-refractivity contribution in [3.63, 3.8) is 0 Å². The Hall–Kier alpha value is -1.84. The lowest BCUT2D eigenvalue weighted by Gasteiger charge is -2.32. The molecule has 0 aliphatic carbocycles. The molecule has 2 rings (SSSR count). The molecule has 144 valence electrons. The molecule has 3 N–H and O–H groups in total. The Morgan fingerprint density at radius 3 is 2.81 bits per heavy atom. The van der Waals surface area contributed by atoms with Gasteiger partial charge in [0, 0.05) is 30.6 Å². The van der Waals surface area contributed by atoms with Crippen LogP contribution in [-0.2, 0) is 19.6 Å². The van der Waals surface area contributed by atoms with E-state index >= 15 is 0 Å². The topological polar surface area (TPSA) is 119 Å². The van der Waals surface area contributed by atoms with Gasteiger partial charge in [-0.2, -0.15) is 0 Å². The highest BCUT2D eigenvalue weighted by Crippen LogP contribution is 2.27. The van der Waals surface area contributed by atoms with E-state index < -0.39 is 22.5 Å². The van der Waals surface area contributed by atoms with Crippen LogP contribution in [0.25, 0.3) is 0 Å². The van der Waals surface area contributed by atoms with Crippen molar-refractivity contribution < 1.29 is 22.7 Å². The number of sulfonamides is 1. The highest BCUT2D eigenvalue weighted by atomic mass is 35.5. The van der Waals surface area contributed by atoms with E-state index in [0.717, 1.165) is 12.8 Å². The molecular weight excluding hydrogens is 382 g/mol. The highest BCUT2D eigenvalue weighted by Gasteiger charge is 2.26. The zero-order valence-corrected chi connectivity index (χ0v) is 16.0. The second-order valence-corrected chi connectivity index (χ2v) is 8.26. The lowest BCUT2D eigenvalue weighted by atomic mass is 10.1. The van der Waals surface area contributed by atoms with E-state index in [2.05, 4.69) is 4.72 Å². The average molecular weight is 404 g/mol. The molecule has 1 aromatic carbocycles. The quantitative estimate of drug-likeness (QED) is 0.667. The van der Waals surface area contributed by atoms with Crippen LogP contribution >= 0.6 is 11.6 Å². The zero-order valence-electron chi connectivity index (χ0n) is 14.4. The fourth-order valence-corrected chi connectivity index (χ4v) is 4.20. The van der Waals surface area contributed by atoms with Crippen molar-refractivity contribution in [2.45, 2.75) is 37.1 Å². The number of piperidine rings is 1. The third kappa shape index (κ3) is 5.33. The maximum atomic E-state index is 12.6. The van der Waals surface area contributed by atoms with Crippen LogP contribution < -0.4 is 15.2 Å². The number of nitrogens with two attached hydrogens (primary N) is 1. The first-order chi connectivity index (χ1) is 12.2. The Morgan fingerprint density at radius 1 is 1.42 bits per heavy atom. The summed E-state index contributed by atoms with van der Waals surface area (Å²) in [5, 5.41) is 0.205.